The second-order valence-electron chi connectivity index (χ2n) is 7.94. The molecule has 10 heteroatoms. The minimum absolute atomic E-state index is 0.0681. The summed E-state index contributed by atoms with van der Waals surface area (Å²) in [6, 6.07) is 11.0. The lowest BCUT2D eigenvalue weighted by molar-refractivity contribution is -0.123. The first kappa shape index (κ1) is 20.8. The highest BCUT2D eigenvalue weighted by Crippen LogP contribution is 2.33. The monoisotopic (exact) mass is 446 g/mol. The Balaban J connectivity index is 1.33. The molecule has 2 aliphatic rings. The fourth-order valence-corrected chi connectivity index (χ4v) is 3.92. The van der Waals surface area contributed by atoms with E-state index in [1.807, 2.05) is 39.0 Å². The molecule has 0 bridgehead atoms. The Morgan fingerprint density at radius 3 is 2.55 bits per heavy atom. The molecule has 2 atom stereocenters. The topological polar surface area (TPSA) is 113 Å². The Morgan fingerprint density at radius 2 is 1.82 bits per heavy atom. The van der Waals surface area contributed by atoms with Crippen molar-refractivity contribution >= 4 is 17.5 Å². The van der Waals surface area contributed by atoms with E-state index in [0.29, 0.717) is 23.9 Å². The van der Waals surface area contributed by atoms with Crippen molar-refractivity contribution in [1.82, 2.24) is 15.1 Å². The summed E-state index contributed by atoms with van der Waals surface area (Å²) in [7, 11) is 0. The summed E-state index contributed by atoms with van der Waals surface area (Å²) >= 11 is 0. The molecule has 0 saturated carbocycles. The smallest absolute Gasteiger partial charge is 0.263 e. The van der Waals surface area contributed by atoms with Crippen LogP contribution in [-0.2, 0) is 16.1 Å². The number of carbonyl (C=O) groups excluding carboxylic acids is 2. The van der Waals surface area contributed by atoms with Gasteiger partial charge in [0, 0.05) is 5.56 Å². The van der Waals surface area contributed by atoms with Gasteiger partial charge < -0.3 is 9.26 Å². The van der Waals surface area contributed by atoms with Gasteiger partial charge in [0.1, 0.15) is 12.3 Å². The van der Waals surface area contributed by atoms with Crippen molar-refractivity contribution in [3.8, 4) is 17.1 Å². The number of aromatic nitrogens is 2. The largest absolute Gasteiger partial charge is 0.494 e. The number of amides is 2. The van der Waals surface area contributed by atoms with Crippen LogP contribution in [0.2, 0.25) is 0 Å². The molecule has 3 aromatic rings. The van der Waals surface area contributed by atoms with Gasteiger partial charge in [-0.25, -0.2) is 4.90 Å². The van der Waals surface area contributed by atoms with Gasteiger partial charge in [0.15, 0.2) is 12.1 Å². The lowest BCUT2D eigenvalue weighted by Gasteiger charge is -2.19. The van der Waals surface area contributed by atoms with Gasteiger partial charge in [0.05, 0.1) is 12.3 Å². The van der Waals surface area contributed by atoms with Gasteiger partial charge in [0.25, 0.3) is 11.8 Å². The Morgan fingerprint density at radius 1 is 1.03 bits per heavy atom. The van der Waals surface area contributed by atoms with Crippen molar-refractivity contribution in [1.29, 1.82) is 0 Å². The molecule has 0 radical (unpaired) electrons. The van der Waals surface area contributed by atoms with E-state index < -0.39 is 23.9 Å². The fraction of sp³-hybridized carbons (Fsp3) is 0.304. The van der Waals surface area contributed by atoms with Gasteiger partial charge in [-0.3, -0.25) is 14.6 Å². The first-order valence-electron chi connectivity index (χ1n) is 10.6. The number of benzene rings is 2. The summed E-state index contributed by atoms with van der Waals surface area (Å²) in [5.41, 5.74) is 3.60. The SMILES string of the molecule is CCOc1ccc(N2C(=O)[C@H]3N=NN(Cc4nc(-c5ccc(C)c(C)c5)no4)[C@@H]3C2=O)cc1. The minimum Gasteiger partial charge on any atom is -0.494 e. The minimum atomic E-state index is -0.897. The van der Waals surface area contributed by atoms with E-state index in [1.54, 1.807) is 24.3 Å². The third kappa shape index (κ3) is 3.63. The third-order valence-corrected chi connectivity index (χ3v) is 5.79. The summed E-state index contributed by atoms with van der Waals surface area (Å²) in [6.45, 7) is 6.53. The number of hydrogen-bond acceptors (Lipinski definition) is 9. The van der Waals surface area contributed by atoms with Crippen molar-refractivity contribution in [2.45, 2.75) is 39.4 Å². The normalized spacial score (nSPS) is 19.5. The lowest BCUT2D eigenvalue weighted by atomic mass is 10.1. The van der Waals surface area contributed by atoms with Gasteiger partial charge in [-0.15, -0.1) is 0 Å². The number of rotatable bonds is 6. The van der Waals surface area contributed by atoms with Crippen molar-refractivity contribution in [3.05, 3.63) is 59.5 Å². The quantitative estimate of drug-likeness (QED) is 0.534. The lowest BCUT2D eigenvalue weighted by Crippen LogP contribution is -2.39. The number of nitrogens with zero attached hydrogens (tertiary/aromatic N) is 6. The summed E-state index contributed by atoms with van der Waals surface area (Å²) in [5.74, 6) is 0.584. The van der Waals surface area contributed by atoms with Crippen LogP contribution in [0.4, 0.5) is 5.69 Å². The molecule has 168 valence electrons. The highest BCUT2D eigenvalue weighted by atomic mass is 16.5. The molecule has 3 heterocycles. The maximum atomic E-state index is 13.2. The first-order valence-corrected chi connectivity index (χ1v) is 10.6. The Hall–Kier alpha value is -4.08. The van der Waals surface area contributed by atoms with Gasteiger partial charge in [-0.2, -0.15) is 10.1 Å². The number of hydrogen-bond donors (Lipinski definition) is 0. The zero-order valence-corrected chi connectivity index (χ0v) is 18.4. The summed E-state index contributed by atoms with van der Waals surface area (Å²) in [6.07, 6.45) is 0. The third-order valence-electron chi connectivity index (χ3n) is 5.79. The molecule has 33 heavy (non-hydrogen) atoms. The Bertz CT molecular complexity index is 1250. The second-order valence-corrected chi connectivity index (χ2v) is 7.94. The van der Waals surface area contributed by atoms with Crippen molar-refractivity contribution < 1.29 is 18.8 Å². The van der Waals surface area contributed by atoms with Crippen LogP contribution in [0.1, 0.15) is 23.9 Å². The molecule has 0 N–H and O–H groups in total. The van der Waals surface area contributed by atoms with Crippen LogP contribution >= 0.6 is 0 Å². The molecule has 0 unspecified atom stereocenters. The average Bonchev–Trinajstić information content (AvgIpc) is 3.50. The molecule has 1 fully saturated rings. The molecule has 5 rings (SSSR count). The van der Waals surface area contributed by atoms with Crippen LogP contribution in [0.5, 0.6) is 5.75 Å². The van der Waals surface area contributed by atoms with Crippen LogP contribution in [-0.4, -0.2) is 45.7 Å². The van der Waals surface area contributed by atoms with Gasteiger partial charge in [0.2, 0.25) is 11.7 Å². The standard InChI is InChI=1S/C23H22N6O4/c1-4-32-17-9-7-16(8-10-17)29-22(30)19-20(23(29)31)28(27-25-19)12-18-24-21(26-33-18)15-6-5-13(2)14(3)11-15/h5-11,19-20H,4,12H2,1-3H3/t19-,20-/m0/s1. The van der Waals surface area contributed by atoms with E-state index in [-0.39, 0.29) is 12.4 Å². The number of aryl methyl sites for hydroxylation is 2. The molecule has 2 aliphatic heterocycles. The van der Waals surface area contributed by atoms with Crippen LogP contribution in [0.25, 0.3) is 11.4 Å². The van der Waals surface area contributed by atoms with E-state index in [0.717, 1.165) is 16.0 Å². The van der Waals surface area contributed by atoms with Crippen LogP contribution in [0.15, 0.2) is 57.3 Å². The Labute approximate surface area is 189 Å². The van der Waals surface area contributed by atoms with E-state index >= 15 is 0 Å². The van der Waals surface area contributed by atoms with Crippen molar-refractivity contribution in [2.24, 2.45) is 10.3 Å². The summed E-state index contributed by atoms with van der Waals surface area (Å²) in [5, 5.41) is 13.5. The number of imide groups is 1. The second kappa shape index (κ2) is 8.12. The molecular weight excluding hydrogens is 424 g/mol. The summed E-state index contributed by atoms with van der Waals surface area (Å²) < 4.78 is 10.8. The molecular formula is C23H22N6O4. The van der Waals surface area contributed by atoms with Gasteiger partial charge in [-0.05, 0) is 62.2 Å². The zero-order chi connectivity index (χ0) is 23.1. The molecule has 2 amide bonds. The zero-order valence-electron chi connectivity index (χ0n) is 18.4. The van der Waals surface area contributed by atoms with E-state index in [1.165, 1.54) is 10.6 Å². The first-order chi connectivity index (χ1) is 16.0. The van der Waals surface area contributed by atoms with Gasteiger partial charge >= 0.3 is 0 Å². The molecule has 2 aromatic carbocycles. The molecule has 1 aromatic heterocycles. The fourth-order valence-electron chi connectivity index (χ4n) is 3.92. The predicted octanol–water partition coefficient (Wildman–Crippen LogP) is 3.25. The average molecular weight is 446 g/mol. The molecule has 0 spiro atoms. The van der Waals surface area contributed by atoms with Crippen LogP contribution in [0, 0.1) is 13.8 Å². The maximum Gasteiger partial charge on any atom is 0.263 e. The number of anilines is 1. The van der Waals surface area contributed by atoms with E-state index in [4.69, 9.17) is 9.26 Å². The highest BCUT2D eigenvalue weighted by molar-refractivity contribution is 6.25. The van der Waals surface area contributed by atoms with Crippen molar-refractivity contribution in [3.63, 3.8) is 0 Å². The molecule has 1 saturated heterocycles. The maximum absolute atomic E-state index is 13.2. The predicted molar refractivity (Wildman–Crippen MR) is 117 cm³/mol. The van der Waals surface area contributed by atoms with Crippen molar-refractivity contribution in [2.75, 3.05) is 11.5 Å². The molecule has 0 aliphatic carbocycles. The van der Waals surface area contributed by atoms with Crippen LogP contribution < -0.4 is 9.64 Å². The molecule has 10 nitrogen and oxygen atoms in total. The van der Waals surface area contributed by atoms with Crippen LogP contribution in [0.3, 0.4) is 0 Å². The highest BCUT2D eigenvalue weighted by Gasteiger charge is 2.55. The van der Waals surface area contributed by atoms with Gasteiger partial charge in [-0.1, -0.05) is 22.5 Å². The number of ether oxygens (including phenoxy) is 1. The van der Waals surface area contributed by atoms with E-state index in [2.05, 4.69) is 20.5 Å². The number of carbonyl (C=O) groups is 2. The Kier molecular flexibility index (Phi) is 5.12. The number of fused-ring (bicyclic) bond motifs is 1. The summed E-state index contributed by atoms with van der Waals surface area (Å²) in [4.78, 5) is 31.6. The van der Waals surface area contributed by atoms with E-state index in [9.17, 15) is 9.59 Å².